The van der Waals surface area contributed by atoms with Crippen molar-refractivity contribution in [3.05, 3.63) is 51.3 Å². The second kappa shape index (κ2) is 5.08. The van der Waals surface area contributed by atoms with E-state index in [-0.39, 0.29) is 10.8 Å². The maximum Gasteiger partial charge on any atom is 0.163 e. The third-order valence-electron chi connectivity index (χ3n) is 2.90. The van der Waals surface area contributed by atoms with Gasteiger partial charge < -0.3 is 4.57 Å². The van der Waals surface area contributed by atoms with E-state index in [2.05, 4.69) is 0 Å². The summed E-state index contributed by atoms with van der Waals surface area (Å²) in [4.78, 5) is 11.6. The molecule has 1 aromatic heterocycles. The highest BCUT2D eigenvalue weighted by atomic mass is 35.5. The van der Waals surface area contributed by atoms with Crippen LogP contribution in [0.2, 0.25) is 10.2 Å². The quantitative estimate of drug-likeness (QED) is 0.780. The Hall–Kier alpha value is -1.76. The van der Waals surface area contributed by atoms with Crippen LogP contribution in [0.5, 0.6) is 0 Å². The van der Waals surface area contributed by atoms with Gasteiger partial charge in [0.1, 0.15) is 5.15 Å². The Labute approximate surface area is 121 Å². The second-order valence-electron chi connectivity index (χ2n) is 4.12. The molecule has 96 valence electrons. The Morgan fingerprint density at radius 2 is 1.84 bits per heavy atom. The Bertz CT molecular complexity index is 694. The zero-order valence-corrected chi connectivity index (χ0v) is 11.9. The Kier molecular flexibility index (Phi) is 3.66. The zero-order valence-electron chi connectivity index (χ0n) is 10.4. The number of nitrogens with zero attached hydrogens (tertiary/aromatic N) is 2. The zero-order chi connectivity index (χ0) is 14.2. The number of benzene rings is 1. The molecule has 0 bridgehead atoms. The van der Waals surface area contributed by atoms with E-state index in [0.29, 0.717) is 22.0 Å². The van der Waals surface area contributed by atoms with Gasteiger partial charge in [0.2, 0.25) is 0 Å². The smallest absolute Gasteiger partial charge is 0.163 e. The molecule has 0 amide bonds. The van der Waals surface area contributed by atoms with Crippen molar-refractivity contribution in [3.63, 3.8) is 0 Å². The minimum absolute atomic E-state index is 0.128. The molecule has 19 heavy (non-hydrogen) atoms. The Balaban J connectivity index is 2.66. The molecule has 3 nitrogen and oxygen atoms in total. The fraction of sp³-hybridized carbons (Fsp3) is 0.143. The SMILES string of the molecule is CC(=O)c1c(Cl)c(Cl)n(-c2ccc(C#N)cc2)c1C. The van der Waals surface area contributed by atoms with E-state index in [0.717, 1.165) is 5.69 Å². The first-order valence-corrected chi connectivity index (χ1v) is 6.30. The number of hydrogen-bond acceptors (Lipinski definition) is 2. The van der Waals surface area contributed by atoms with E-state index < -0.39 is 0 Å². The third-order valence-corrected chi connectivity index (χ3v) is 3.72. The number of aromatic nitrogens is 1. The molecule has 0 N–H and O–H groups in total. The van der Waals surface area contributed by atoms with Crippen molar-refractivity contribution in [1.82, 2.24) is 4.57 Å². The van der Waals surface area contributed by atoms with Crippen molar-refractivity contribution < 1.29 is 4.79 Å². The van der Waals surface area contributed by atoms with E-state index in [1.165, 1.54) is 6.92 Å². The lowest BCUT2D eigenvalue weighted by molar-refractivity contribution is 0.101. The van der Waals surface area contributed by atoms with Crippen LogP contribution in [0.25, 0.3) is 5.69 Å². The standard InChI is InChI=1S/C14H10Cl2N2O/c1-8-12(9(2)19)13(15)14(16)18(8)11-5-3-10(7-17)4-6-11/h3-6H,1-2H3. The van der Waals surface area contributed by atoms with Gasteiger partial charge in [0, 0.05) is 11.4 Å². The molecular formula is C14H10Cl2N2O. The highest BCUT2D eigenvalue weighted by Crippen LogP contribution is 2.34. The Morgan fingerprint density at radius 3 is 2.26 bits per heavy atom. The number of rotatable bonds is 2. The van der Waals surface area contributed by atoms with Crippen LogP contribution in [0.1, 0.15) is 28.5 Å². The van der Waals surface area contributed by atoms with Crippen molar-refractivity contribution in [2.45, 2.75) is 13.8 Å². The maximum atomic E-state index is 11.6. The van der Waals surface area contributed by atoms with Crippen LogP contribution in [0.3, 0.4) is 0 Å². The first-order valence-electron chi connectivity index (χ1n) is 5.55. The lowest BCUT2D eigenvalue weighted by Gasteiger charge is -2.08. The first kappa shape index (κ1) is 13.7. The van der Waals surface area contributed by atoms with Crippen LogP contribution >= 0.6 is 23.2 Å². The van der Waals surface area contributed by atoms with Gasteiger partial charge in [-0.3, -0.25) is 4.79 Å². The highest BCUT2D eigenvalue weighted by Gasteiger charge is 2.21. The molecule has 0 fully saturated rings. The van der Waals surface area contributed by atoms with E-state index in [1.807, 2.05) is 6.07 Å². The van der Waals surface area contributed by atoms with Crippen LogP contribution in [0.15, 0.2) is 24.3 Å². The summed E-state index contributed by atoms with van der Waals surface area (Å²) in [6.07, 6.45) is 0. The predicted molar refractivity (Wildman–Crippen MR) is 75.2 cm³/mol. The van der Waals surface area contributed by atoms with Gasteiger partial charge in [0.15, 0.2) is 5.78 Å². The van der Waals surface area contributed by atoms with E-state index >= 15 is 0 Å². The van der Waals surface area contributed by atoms with E-state index in [4.69, 9.17) is 28.5 Å². The van der Waals surface area contributed by atoms with Crippen LogP contribution in [0, 0.1) is 18.3 Å². The molecule has 2 aromatic rings. The monoisotopic (exact) mass is 292 g/mol. The van der Waals surface area contributed by atoms with Gasteiger partial charge in [-0.15, -0.1) is 0 Å². The minimum atomic E-state index is -0.128. The fourth-order valence-corrected chi connectivity index (χ4v) is 2.69. The normalized spacial score (nSPS) is 10.3. The maximum absolute atomic E-state index is 11.6. The van der Waals surface area contributed by atoms with Crippen molar-refractivity contribution in [1.29, 1.82) is 5.26 Å². The molecule has 0 atom stereocenters. The first-order chi connectivity index (χ1) is 8.97. The summed E-state index contributed by atoms with van der Waals surface area (Å²) in [6.45, 7) is 3.24. The number of carbonyl (C=O) groups is 1. The van der Waals surface area contributed by atoms with Gasteiger partial charge in [-0.2, -0.15) is 5.26 Å². The number of halogens is 2. The number of carbonyl (C=O) groups excluding carboxylic acids is 1. The fourth-order valence-electron chi connectivity index (χ4n) is 2.02. The average molecular weight is 293 g/mol. The molecule has 0 radical (unpaired) electrons. The summed E-state index contributed by atoms with van der Waals surface area (Å²) >= 11 is 12.3. The van der Waals surface area contributed by atoms with E-state index in [9.17, 15) is 4.79 Å². The summed E-state index contributed by atoms with van der Waals surface area (Å²) in [6, 6.07) is 8.94. The second-order valence-corrected chi connectivity index (χ2v) is 4.85. The highest BCUT2D eigenvalue weighted by molar-refractivity contribution is 6.44. The van der Waals surface area contributed by atoms with E-state index in [1.54, 1.807) is 35.8 Å². The molecule has 0 saturated heterocycles. The molecule has 2 rings (SSSR count). The van der Waals surface area contributed by atoms with Gasteiger partial charge in [-0.25, -0.2) is 0 Å². The molecule has 0 spiro atoms. The number of Topliss-reactive ketones (excluding diaryl/α,β-unsaturated/α-hetero) is 1. The minimum Gasteiger partial charge on any atom is -0.303 e. The summed E-state index contributed by atoms with van der Waals surface area (Å²) < 4.78 is 1.70. The lowest BCUT2D eigenvalue weighted by Crippen LogP contribution is -2.00. The predicted octanol–water partition coefficient (Wildman–Crippen LogP) is 4.17. The van der Waals surface area contributed by atoms with Crippen molar-refractivity contribution in [2.75, 3.05) is 0 Å². The molecule has 1 heterocycles. The van der Waals surface area contributed by atoms with Gasteiger partial charge in [-0.1, -0.05) is 23.2 Å². The van der Waals surface area contributed by atoms with Crippen molar-refractivity contribution >= 4 is 29.0 Å². The third kappa shape index (κ3) is 2.25. The number of nitriles is 1. The molecule has 0 unspecified atom stereocenters. The summed E-state index contributed by atoms with van der Waals surface area (Å²) in [5.74, 6) is -0.128. The van der Waals surface area contributed by atoms with Crippen LogP contribution < -0.4 is 0 Å². The molecule has 0 aliphatic carbocycles. The molecule has 0 aliphatic rings. The van der Waals surface area contributed by atoms with Crippen molar-refractivity contribution in [3.8, 4) is 11.8 Å². The summed E-state index contributed by atoms with van der Waals surface area (Å²) in [5, 5.41) is 9.34. The van der Waals surface area contributed by atoms with Gasteiger partial charge in [0.05, 0.1) is 22.2 Å². The molecule has 5 heteroatoms. The summed E-state index contributed by atoms with van der Waals surface area (Å²) in [7, 11) is 0. The van der Waals surface area contributed by atoms with Gasteiger partial charge >= 0.3 is 0 Å². The van der Waals surface area contributed by atoms with Gasteiger partial charge in [-0.05, 0) is 38.1 Å². The van der Waals surface area contributed by atoms with Crippen LogP contribution in [0.4, 0.5) is 0 Å². The topological polar surface area (TPSA) is 45.8 Å². The Morgan fingerprint density at radius 1 is 1.26 bits per heavy atom. The largest absolute Gasteiger partial charge is 0.303 e. The van der Waals surface area contributed by atoms with Crippen molar-refractivity contribution in [2.24, 2.45) is 0 Å². The van der Waals surface area contributed by atoms with Gasteiger partial charge in [0.25, 0.3) is 0 Å². The molecule has 1 aromatic carbocycles. The van der Waals surface area contributed by atoms with Crippen LogP contribution in [-0.2, 0) is 0 Å². The molecule has 0 saturated carbocycles. The number of hydrogen-bond donors (Lipinski definition) is 0. The number of ketones is 1. The summed E-state index contributed by atoms with van der Waals surface area (Å²) in [5.41, 5.74) is 2.43. The van der Waals surface area contributed by atoms with Crippen LogP contribution in [-0.4, -0.2) is 10.4 Å². The average Bonchev–Trinajstić information content (AvgIpc) is 2.60. The molecule has 0 aliphatic heterocycles. The lowest BCUT2D eigenvalue weighted by atomic mass is 10.2. The molecular weight excluding hydrogens is 283 g/mol.